The maximum atomic E-state index is 14.2. The molecule has 1 aliphatic heterocycles. The topological polar surface area (TPSA) is 81.7 Å². The standard InChI is InChI=1S/C32H32FN3O3.ClH/c1-21(28-14-6-8-22-7-2-3-13-29(22)28)34-19-25-15-16-36(20-30(25)23-9-4-11-26(33)17-23)32(39)35-27-12-5-10-24(18-27)31(37)38;/h2-14,17-18,21,25,30,34H,15-16,19-20H2,1H3,(H,35,39)(H,37,38);1H/t21-,25?,30?;/m1./s1. The van der Waals surface area contributed by atoms with Gasteiger partial charge in [-0.15, -0.1) is 12.4 Å². The number of carbonyl (C=O) groups excluding carboxylic acids is 1. The molecule has 1 heterocycles. The first-order valence-corrected chi connectivity index (χ1v) is 13.2. The van der Waals surface area contributed by atoms with E-state index in [0.29, 0.717) is 18.8 Å². The summed E-state index contributed by atoms with van der Waals surface area (Å²) in [6, 6.07) is 27.3. The van der Waals surface area contributed by atoms with E-state index in [2.05, 4.69) is 54.0 Å². The molecule has 8 heteroatoms. The number of likely N-dealkylation sites (tertiary alicyclic amines) is 1. The van der Waals surface area contributed by atoms with Crippen molar-refractivity contribution in [2.45, 2.75) is 25.3 Å². The van der Waals surface area contributed by atoms with Crippen LogP contribution >= 0.6 is 12.4 Å². The fraction of sp³-hybridized carbons (Fsp3) is 0.250. The first-order chi connectivity index (χ1) is 18.9. The SMILES string of the molecule is C[C@@H](NCC1CCN(C(=O)Nc2cccc(C(=O)O)c2)CC1c1cccc(F)c1)c1cccc2ccccc12.Cl. The summed E-state index contributed by atoms with van der Waals surface area (Å²) < 4.78 is 14.2. The summed E-state index contributed by atoms with van der Waals surface area (Å²) in [6.45, 7) is 3.86. The van der Waals surface area contributed by atoms with E-state index in [1.807, 2.05) is 12.1 Å². The largest absolute Gasteiger partial charge is 0.478 e. The van der Waals surface area contributed by atoms with Gasteiger partial charge in [0, 0.05) is 30.7 Å². The predicted octanol–water partition coefficient (Wildman–Crippen LogP) is 7.09. The fourth-order valence-corrected chi connectivity index (χ4v) is 5.54. The number of rotatable bonds is 7. The Balaban J connectivity index is 0.00000370. The van der Waals surface area contributed by atoms with E-state index in [1.165, 1.54) is 34.5 Å². The number of aromatic carboxylic acids is 1. The minimum absolute atomic E-state index is 0. The lowest BCUT2D eigenvalue weighted by atomic mass is 9.80. The van der Waals surface area contributed by atoms with Gasteiger partial charge < -0.3 is 20.6 Å². The van der Waals surface area contributed by atoms with Gasteiger partial charge in [0.05, 0.1) is 5.56 Å². The average Bonchev–Trinajstić information content (AvgIpc) is 2.95. The summed E-state index contributed by atoms with van der Waals surface area (Å²) in [4.78, 5) is 26.2. The highest BCUT2D eigenvalue weighted by Crippen LogP contribution is 2.34. The van der Waals surface area contributed by atoms with Gasteiger partial charge in [-0.2, -0.15) is 0 Å². The van der Waals surface area contributed by atoms with Crippen LogP contribution in [-0.2, 0) is 0 Å². The number of urea groups is 1. The number of piperidine rings is 1. The number of halogens is 2. The third-order valence-electron chi connectivity index (χ3n) is 7.66. The van der Waals surface area contributed by atoms with Crippen molar-refractivity contribution < 1.29 is 19.1 Å². The number of amides is 2. The molecule has 208 valence electrons. The summed E-state index contributed by atoms with van der Waals surface area (Å²) >= 11 is 0. The van der Waals surface area contributed by atoms with Crippen molar-refractivity contribution in [3.05, 3.63) is 114 Å². The van der Waals surface area contributed by atoms with Crippen LogP contribution in [0.3, 0.4) is 0 Å². The Morgan fingerprint density at radius 1 is 1.00 bits per heavy atom. The minimum Gasteiger partial charge on any atom is -0.478 e. The molecule has 0 aliphatic carbocycles. The fourth-order valence-electron chi connectivity index (χ4n) is 5.54. The highest BCUT2D eigenvalue weighted by molar-refractivity contribution is 5.93. The van der Waals surface area contributed by atoms with Gasteiger partial charge in [0.25, 0.3) is 0 Å². The minimum atomic E-state index is -1.05. The summed E-state index contributed by atoms with van der Waals surface area (Å²) in [6.07, 6.45) is 0.749. The second kappa shape index (κ2) is 12.9. The number of benzene rings is 4. The van der Waals surface area contributed by atoms with Crippen molar-refractivity contribution in [2.24, 2.45) is 5.92 Å². The number of hydrogen-bond acceptors (Lipinski definition) is 3. The molecular weight excluding hydrogens is 529 g/mol. The Morgan fingerprint density at radius 3 is 2.55 bits per heavy atom. The molecule has 40 heavy (non-hydrogen) atoms. The van der Waals surface area contributed by atoms with Crippen molar-refractivity contribution in [2.75, 3.05) is 25.0 Å². The van der Waals surface area contributed by atoms with E-state index in [9.17, 15) is 19.1 Å². The molecule has 2 unspecified atom stereocenters. The number of carboxylic acid groups (broad SMARTS) is 1. The average molecular weight is 562 g/mol. The van der Waals surface area contributed by atoms with Crippen LogP contribution in [0.1, 0.15) is 46.8 Å². The molecule has 2 amide bonds. The normalized spacial score (nSPS) is 17.6. The van der Waals surface area contributed by atoms with E-state index in [4.69, 9.17) is 0 Å². The smallest absolute Gasteiger partial charge is 0.335 e. The first kappa shape index (κ1) is 29.1. The number of nitrogens with one attached hydrogen (secondary N) is 2. The van der Waals surface area contributed by atoms with Gasteiger partial charge in [-0.25, -0.2) is 14.0 Å². The molecule has 0 spiro atoms. The summed E-state index contributed by atoms with van der Waals surface area (Å²) in [5, 5.41) is 18.2. The first-order valence-electron chi connectivity index (χ1n) is 13.2. The lowest BCUT2D eigenvalue weighted by molar-refractivity contribution is 0.0697. The number of anilines is 1. The second-order valence-corrected chi connectivity index (χ2v) is 10.2. The molecule has 1 aliphatic rings. The lowest BCUT2D eigenvalue weighted by Gasteiger charge is -2.39. The van der Waals surface area contributed by atoms with Crippen LogP contribution < -0.4 is 10.6 Å². The highest BCUT2D eigenvalue weighted by atomic mass is 35.5. The Bertz CT molecular complexity index is 1490. The number of carboxylic acids is 1. The second-order valence-electron chi connectivity index (χ2n) is 10.2. The zero-order valence-electron chi connectivity index (χ0n) is 22.2. The predicted molar refractivity (Wildman–Crippen MR) is 159 cm³/mol. The zero-order chi connectivity index (χ0) is 27.4. The van der Waals surface area contributed by atoms with Crippen LogP contribution in [0.5, 0.6) is 0 Å². The van der Waals surface area contributed by atoms with Gasteiger partial charge in [-0.3, -0.25) is 0 Å². The van der Waals surface area contributed by atoms with E-state index in [0.717, 1.165) is 18.5 Å². The van der Waals surface area contributed by atoms with E-state index >= 15 is 0 Å². The van der Waals surface area contributed by atoms with E-state index in [-0.39, 0.29) is 47.7 Å². The van der Waals surface area contributed by atoms with Crippen molar-refractivity contribution in [1.29, 1.82) is 0 Å². The molecule has 4 aromatic rings. The van der Waals surface area contributed by atoms with E-state index < -0.39 is 5.97 Å². The van der Waals surface area contributed by atoms with E-state index in [1.54, 1.807) is 29.2 Å². The zero-order valence-corrected chi connectivity index (χ0v) is 23.0. The van der Waals surface area contributed by atoms with Gasteiger partial charge >= 0.3 is 12.0 Å². The summed E-state index contributed by atoms with van der Waals surface area (Å²) in [5.74, 6) is -1.21. The summed E-state index contributed by atoms with van der Waals surface area (Å²) in [5.41, 5.74) is 2.63. The van der Waals surface area contributed by atoms with Gasteiger partial charge in [0.15, 0.2) is 0 Å². The maximum Gasteiger partial charge on any atom is 0.335 e. The van der Waals surface area contributed by atoms with Crippen LogP contribution in [0.15, 0.2) is 91.0 Å². The van der Waals surface area contributed by atoms with Gasteiger partial charge in [0.2, 0.25) is 0 Å². The molecule has 5 rings (SSSR count). The molecule has 0 bridgehead atoms. The van der Waals surface area contributed by atoms with Crippen molar-refractivity contribution in [3.63, 3.8) is 0 Å². The third-order valence-corrected chi connectivity index (χ3v) is 7.66. The molecule has 0 saturated carbocycles. The molecule has 1 saturated heterocycles. The van der Waals surface area contributed by atoms with Gasteiger partial charge in [-0.1, -0.05) is 60.7 Å². The monoisotopic (exact) mass is 561 g/mol. The van der Waals surface area contributed by atoms with Crippen molar-refractivity contribution >= 4 is 40.9 Å². The molecule has 1 fully saturated rings. The molecular formula is C32H33ClFN3O3. The number of nitrogens with zero attached hydrogens (tertiary/aromatic N) is 1. The molecule has 3 N–H and O–H groups in total. The molecule has 4 aromatic carbocycles. The van der Waals surface area contributed by atoms with Crippen molar-refractivity contribution in [3.8, 4) is 0 Å². The Kier molecular flexibility index (Phi) is 9.40. The van der Waals surface area contributed by atoms with Crippen LogP contribution in [0.25, 0.3) is 10.8 Å². The number of hydrogen-bond donors (Lipinski definition) is 3. The van der Waals surface area contributed by atoms with Crippen LogP contribution in [-0.4, -0.2) is 41.6 Å². The Morgan fingerprint density at radius 2 is 1.75 bits per heavy atom. The molecule has 0 radical (unpaired) electrons. The Labute approximate surface area is 239 Å². The molecule has 6 nitrogen and oxygen atoms in total. The molecule has 3 atom stereocenters. The lowest BCUT2D eigenvalue weighted by Crippen LogP contribution is -2.47. The summed E-state index contributed by atoms with van der Waals surface area (Å²) in [7, 11) is 0. The van der Waals surface area contributed by atoms with Crippen LogP contribution in [0.4, 0.5) is 14.9 Å². The van der Waals surface area contributed by atoms with Crippen LogP contribution in [0, 0.1) is 11.7 Å². The number of carbonyl (C=O) groups is 2. The van der Waals surface area contributed by atoms with Crippen LogP contribution in [0.2, 0.25) is 0 Å². The Hall–Kier alpha value is -3.94. The third kappa shape index (κ3) is 6.61. The van der Waals surface area contributed by atoms with Gasteiger partial charge in [-0.05, 0) is 78.0 Å². The quantitative estimate of drug-likeness (QED) is 0.225. The molecule has 0 aromatic heterocycles. The van der Waals surface area contributed by atoms with Gasteiger partial charge in [0.1, 0.15) is 5.82 Å². The highest BCUT2D eigenvalue weighted by Gasteiger charge is 2.33. The maximum absolute atomic E-state index is 14.2. The van der Waals surface area contributed by atoms with Crippen molar-refractivity contribution in [1.82, 2.24) is 10.2 Å². The number of fused-ring (bicyclic) bond motifs is 1.